The fraction of sp³-hybridized carbons (Fsp3) is 0.500. The second-order valence-corrected chi connectivity index (χ2v) is 5.08. The molecule has 1 aromatic carbocycles. The summed E-state index contributed by atoms with van der Waals surface area (Å²) in [4.78, 5) is 27.1. The van der Waals surface area contributed by atoms with Gasteiger partial charge in [-0.2, -0.15) is 0 Å². The quantitative estimate of drug-likeness (QED) is 0.717. The van der Waals surface area contributed by atoms with Crippen molar-refractivity contribution in [2.24, 2.45) is 0 Å². The molecule has 0 N–H and O–H groups in total. The van der Waals surface area contributed by atoms with Crippen LogP contribution in [0.15, 0.2) is 30.3 Å². The van der Waals surface area contributed by atoms with E-state index in [2.05, 4.69) is 6.92 Å². The highest BCUT2D eigenvalue weighted by Crippen LogP contribution is 2.05. The summed E-state index contributed by atoms with van der Waals surface area (Å²) in [6, 6.07) is 9.77. The molecule has 1 aromatic rings. The Labute approximate surface area is 121 Å². The maximum atomic E-state index is 12.0. The molecule has 20 heavy (non-hydrogen) atoms. The lowest BCUT2D eigenvalue weighted by Gasteiger charge is -2.20. The molecule has 0 aliphatic heterocycles. The summed E-state index contributed by atoms with van der Waals surface area (Å²) in [7, 11) is 3.48. The molecule has 0 saturated heterocycles. The standard InChI is InChI=1S/C16H24N2O2/c1-4-5-11-17(2)15(19)12-16(20)18(3)13-14-9-7-6-8-10-14/h6-10H,4-5,11-13H2,1-3H3. The van der Waals surface area contributed by atoms with Crippen molar-refractivity contribution < 1.29 is 9.59 Å². The van der Waals surface area contributed by atoms with Crippen LogP contribution >= 0.6 is 0 Å². The van der Waals surface area contributed by atoms with Gasteiger partial charge in [-0.25, -0.2) is 0 Å². The molecular weight excluding hydrogens is 252 g/mol. The number of carbonyl (C=O) groups excluding carboxylic acids is 2. The normalized spacial score (nSPS) is 10.2. The van der Waals surface area contributed by atoms with Gasteiger partial charge in [-0.1, -0.05) is 43.7 Å². The van der Waals surface area contributed by atoms with Crippen LogP contribution in [0, 0.1) is 0 Å². The van der Waals surface area contributed by atoms with Gasteiger partial charge < -0.3 is 9.80 Å². The monoisotopic (exact) mass is 276 g/mol. The van der Waals surface area contributed by atoms with Crippen molar-refractivity contribution in [3.8, 4) is 0 Å². The predicted octanol–water partition coefficient (Wildman–Crippen LogP) is 2.29. The summed E-state index contributed by atoms with van der Waals surface area (Å²) in [5.74, 6) is -0.245. The van der Waals surface area contributed by atoms with Gasteiger partial charge in [0.1, 0.15) is 6.42 Å². The number of benzene rings is 1. The largest absolute Gasteiger partial charge is 0.345 e. The first-order valence-electron chi connectivity index (χ1n) is 7.06. The summed E-state index contributed by atoms with van der Waals surface area (Å²) in [6.45, 7) is 3.33. The van der Waals surface area contributed by atoms with E-state index in [1.54, 1.807) is 23.9 Å². The third-order valence-electron chi connectivity index (χ3n) is 3.26. The molecule has 0 radical (unpaired) electrons. The minimum absolute atomic E-state index is 0.0520. The Kier molecular flexibility index (Phi) is 6.77. The van der Waals surface area contributed by atoms with Gasteiger partial charge in [-0.15, -0.1) is 0 Å². The average molecular weight is 276 g/mol. The van der Waals surface area contributed by atoms with Crippen LogP contribution in [0.25, 0.3) is 0 Å². The highest BCUT2D eigenvalue weighted by molar-refractivity contribution is 5.96. The fourth-order valence-corrected chi connectivity index (χ4v) is 1.86. The van der Waals surface area contributed by atoms with Gasteiger partial charge in [0.05, 0.1) is 0 Å². The van der Waals surface area contributed by atoms with Crippen LogP contribution < -0.4 is 0 Å². The lowest BCUT2D eigenvalue weighted by Crippen LogP contribution is -2.34. The van der Waals surface area contributed by atoms with Crippen molar-refractivity contribution in [2.75, 3.05) is 20.6 Å². The Morgan fingerprint density at radius 2 is 1.60 bits per heavy atom. The molecule has 0 saturated carbocycles. The van der Waals surface area contributed by atoms with Crippen LogP contribution in [0.3, 0.4) is 0 Å². The van der Waals surface area contributed by atoms with Crippen molar-refractivity contribution in [1.82, 2.24) is 9.80 Å². The molecule has 0 fully saturated rings. The Balaban J connectivity index is 2.43. The second-order valence-electron chi connectivity index (χ2n) is 5.08. The number of amides is 2. The molecule has 2 amide bonds. The van der Waals surface area contributed by atoms with Crippen LogP contribution in [0.2, 0.25) is 0 Å². The molecule has 4 heteroatoms. The van der Waals surface area contributed by atoms with Crippen molar-refractivity contribution in [2.45, 2.75) is 32.7 Å². The van der Waals surface area contributed by atoms with Gasteiger partial charge in [-0.3, -0.25) is 9.59 Å². The van der Waals surface area contributed by atoms with Crippen LogP contribution in [0.1, 0.15) is 31.7 Å². The van der Waals surface area contributed by atoms with E-state index in [4.69, 9.17) is 0 Å². The van der Waals surface area contributed by atoms with Gasteiger partial charge in [0.15, 0.2) is 0 Å². The van der Waals surface area contributed by atoms with E-state index in [0.717, 1.165) is 18.4 Å². The lowest BCUT2D eigenvalue weighted by atomic mass is 10.2. The van der Waals surface area contributed by atoms with Crippen LogP contribution in [-0.4, -0.2) is 42.3 Å². The maximum Gasteiger partial charge on any atom is 0.232 e. The molecule has 0 bridgehead atoms. The highest BCUT2D eigenvalue weighted by atomic mass is 16.2. The Hall–Kier alpha value is -1.84. The maximum absolute atomic E-state index is 12.0. The number of hydrogen-bond donors (Lipinski definition) is 0. The summed E-state index contributed by atoms with van der Waals surface area (Å²) in [5, 5.41) is 0. The Morgan fingerprint density at radius 1 is 1.00 bits per heavy atom. The molecule has 0 aromatic heterocycles. The van der Waals surface area contributed by atoms with E-state index >= 15 is 0 Å². The summed E-state index contributed by atoms with van der Waals surface area (Å²) in [6.07, 6.45) is 1.96. The van der Waals surface area contributed by atoms with Gasteiger partial charge in [0.25, 0.3) is 0 Å². The minimum Gasteiger partial charge on any atom is -0.345 e. The van der Waals surface area contributed by atoms with E-state index < -0.39 is 0 Å². The van der Waals surface area contributed by atoms with Crippen molar-refractivity contribution in [1.29, 1.82) is 0 Å². The molecule has 4 nitrogen and oxygen atoms in total. The van der Waals surface area contributed by atoms with Crippen molar-refractivity contribution in [3.05, 3.63) is 35.9 Å². The molecule has 1 rings (SSSR count). The number of hydrogen-bond acceptors (Lipinski definition) is 2. The second kappa shape index (κ2) is 8.35. The minimum atomic E-state index is -0.137. The molecule has 0 unspecified atom stereocenters. The van der Waals surface area contributed by atoms with Gasteiger partial charge >= 0.3 is 0 Å². The van der Waals surface area contributed by atoms with Gasteiger partial charge in [-0.05, 0) is 12.0 Å². The summed E-state index contributed by atoms with van der Waals surface area (Å²) >= 11 is 0. The summed E-state index contributed by atoms with van der Waals surface area (Å²) in [5.41, 5.74) is 1.06. The average Bonchev–Trinajstić information content (AvgIpc) is 2.45. The first kappa shape index (κ1) is 16.2. The molecule has 0 aliphatic carbocycles. The fourth-order valence-electron chi connectivity index (χ4n) is 1.86. The lowest BCUT2D eigenvalue weighted by molar-refractivity contribution is -0.139. The number of carbonyl (C=O) groups is 2. The van der Waals surface area contributed by atoms with E-state index in [1.165, 1.54) is 0 Å². The van der Waals surface area contributed by atoms with Gasteiger partial charge in [0.2, 0.25) is 11.8 Å². The Bertz CT molecular complexity index is 431. The smallest absolute Gasteiger partial charge is 0.232 e. The van der Waals surface area contributed by atoms with Crippen LogP contribution in [0.4, 0.5) is 0 Å². The number of rotatable bonds is 7. The number of nitrogens with zero attached hydrogens (tertiary/aromatic N) is 2. The molecule has 0 spiro atoms. The van der Waals surface area contributed by atoms with E-state index in [-0.39, 0.29) is 18.2 Å². The van der Waals surface area contributed by atoms with E-state index in [0.29, 0.717) is 13.1 Å². The SMILES string of the molecule is CCCCN(C)C(=O)CC(=O)N(C)Cc1ccccc1. The molecule has 0 heterocycles. The topological polar surface area (TPSA) is 40.6 Å². The highest BCUT2D eigenvalue weighted by Gasteiger charge is 2.16. The third kappa shape index (κ3) is 5.43. The number of unbranched alkanes of at least 4 members (excludes halogenated alkanes) is 1. The van der Waals surface area contributed by atoms with Gasteiger partial charge in [0, 0.05) is 27.2 Å². The Morgan fingerprint density at radius 3 is 2.20 bits per heavy atom. The molecular formula is C16H24N2O2. The molecule has 0 aliphatic rings. The van der Waals surface area contributed by atoms with Crippen LogP contribution in [-0.2, 0) is 16.1 Å². The summed E-state index contributed by atoms with van der Waals surface area (Å²) < 4.78 is 0. The first-order valence-corrected chi connectivity index (χ1v) is 7.06. The zero-order chi connectivity index (χ0) is 15.0. The first-order chi connectivity index (χ1) is 9.54. The zero-order valence-corrected chi connectivity index (χ0v) is 12.6. The van der Waals surface area contributed by atoms with Crippen molar-refractivity contribution >= 4 is 11.8 Å². The molecule has 0 atom stereocenters. The van der Waals surface area contributed by atoms with Crippen molar-refractivity contribution in [3.63, 3.8) is 0 Å². The predicted molar refractivity (Wildman–Crippen MR) is 80.1 cm³/mol. The van der Waals surface area contributed by atoms with E-state index in [1.807, 2.05) is 30.3 Å². The zero-order valence-electron chi connectivity index (χ0n) is 12.6. The molecule has 110 valence electrons. The van der Waals surface area contributed by atoms with E-state index in [9.17, 15) is 9.59 Å². The van der Waals surface area contributed by atoms with Crippen LogP contribution in [0.5, 0.6) is 0 Å². The third-order valence-corrected chi connectivity index (χ3v) is 3.26.